The molecule has 0 unspecified atom stereocenters. The molecule has 0 aliphatic carbocycles. The fraction of sp³-hybridized carbons (Fsp3) is 0.500. The van der Waals surface area contributed by atoms with Gasteiger partial charge < -0.3 is 15.8 Å². The Balaban J connectivity index is 2.96. The van der Waals surface area contributed by atoms with E-state index in [1.807, 2.05) is 20.0 Å². The minimum absolute atomic E-state index is 0.112. The summed E-state index contributed by atoms with van der Waals surface area (Å²) in [5, 5.41) is 11.7. The normalized spacial score (nSPS) is 11.6. The molecule has 0 atom stereocenters. The number of aryl methyl sites for hydroxylation is 1. The Hall–Kier alpha value is -1.78. The monoisotopic (exact) mass is 236 g/mol. The lowest BCUT2D eigenvalue weighted by Crippen LogP contribution is -2.21. The number of oxime groups is 1. The molecule has 0 radical (unpaired) electrons. The smallest absolute Gasteiger partial charge is 0.170 e. The zero-order valence-corrected chi connectivity index (χ0v) is 10.6. The van der Waals surface area contributed by atoms with Crippen LogP contribution in [0.1, 0.15) is 31.0 Å². The molecule has 17 heavy (non-hydrogen) atoms. The van der Waals surface area contributed by atoms with Crippen molar-refractivity contribution in [2.45, 2.75) is 26.7 Å². The molecule has 0 saturated heterocycles. The molecule has 1 aromatic heterocycles. The predicted octanol–water partition coefficient (Wildman–Crippen LogP) is 1.72. The summed E-state index contributed by atoms with van der Waals surface area (Å²) in [6.07, 6.45) is 2.26. The molecule has 0 saturated carbocycles. The van der Waals surface area contributed by atoms with Crippen molar-refractivity contribution in [3.8, 4) is 0 Å². The minimum atomic E-state index is 0.112. The van der Waals surface area contributed by atoms with Gasteiger partial charge >= 0.3 is 0 Å². The van der Waals surface area contributed by atoms with Gasteiger partial charge in [0, 0.05) is 24.8 Å². The highest BCUT2D eigenvalue weighted by molar-refractivity contribution is 5.97. The molecule has 1 rings (SSSR count). The molecule has 0 amide bonds. The molecule has 0 fully saturated rings. The maximum absolute atomic E-state index is 8.68. The predicted molar refractivity (Wildman–Crippen MR) is 69.7 cm³/mol. The largest absolute Gasteiger partial charge is 0.409 e. The number of hydrogen-bond acceptors (Lipinski definition) is 4. The van der Waals surface area contributed by atoms with Crippen molar-refractivity contribution in [1.82, 2.24) is 4.98 Å². The number of nitrogens with two attached hydrogens (primary N) is 1. The quantitative estimate of drug-likeness (QED) is 0.353. The highest BCUT2D eigenvalue weighted by Gasteiger charge is 2.07. The Labute approximate surface area is 102 Å². The van der Waals surface area contributed by atoms with Crippen molar-refractivity contribution in [3.05, 3.63) is 23.4 Å². The average molecular weight is 236 g/mol. The number of unbranched alkanes of at least 4 members (excludes halogenated alkanes) is 1. The van der Waals surface area contributed by atoms with E-state index in [2.05, 4.69) is 22.0 Å². The lowest BCUT2D eigenvalue weighted by molar-refractivity contribution is 0.318. The number of nitrogens with zero attached hydrogens (tertiary/aromatic N) is 3. The molecule has 1 aromatic rings. The summed E-state index contributed by atoms with van der Waals surface area (Å²) >= 11 is 0. The van der Waals surface area contributed by atoms with Crippen molar-refractivity contribution in [1.29, 1.82) is 0 Å². The standard InChI is InChI=1S/C12H20N4O/c1-4-5-6-16(3)11-8-10(12(13)15-17)7-9(2)14-11/h7-8,17H,4-6H2,1-3H3,(H2,13,15). The number of pyridine rings is 1. The van der Waals surface area contributed by atoms with Gasteiger partial charge in [0.2, 0.25) is 0 Å². The van der Waals surface area contributed by atoms with Crippen molar-refractivity contribution >= 4 is 11.7 Å². The van der Waals surface area contributed by atoms with Crippen LogP contribution in [0.5, 0.6) is 0 Å². The first-order chi connectivity index (χ1) is 8.08. The Morgan fingerprint density at radius 1 is 1.53 bits per heavy atom. The first kappa shape index (κ1) is 13.3. The summed E-state index contributed by atoms with van der Waals surface area (Å²) in [5.74, 6) is 0.959. The Bertz CT molecular complexity index is 403. The molecule has 5 nitrogen and oxygen atoms in total. The first-order valence-corrected chi connectivity index (χ1v) is 5.76. The van der Waals surface area contributed by atoms with Gasteiger partial charge in [-0.1, -0.05) is 18.5 Å². The van der Waals surface area contributed by atoms with Crippen LogP contribution in [0.25, 0.3) is 0 Å². The third-order valence-electron chi connectivity index (χ3n) is 2.58. The molecule has 1 heterocycles. The van der Waals surface area contributed by atoms with Crippen LogP contribution in [0.3, 0.4) is 0 Å². The van der Waals surface area contributed by atoms with E-state index in [9.17, 15) is 0 Å². The fourth-order valence-corrected chi connectivity index (χ4v) is 1.56. The van der Waals surface area contributed by atoms with E-state index in [1.54, 1.807) is 6.07 Å². The summed E-state index contributed by atoms with van der Waals surface area (Å²) in [4.78, 5) is 6.51. The van der Waals surface area contributed by atoms with Gasteiger partial charge in [-0.15, -0.1) is 0 Å². The highest BCUT2D eigenvalue weighted by atomic mass is 16.4. The van der Waals surface area contributed by atoms with Gasteiger partial charge in [0.1, 0.15) is 5.82 Å². The number of hydrogen-bond donors (Lipinski definition) is 2. The van der Waals surface area contributed by atoms with Gasteiger partial charge in [0.25, 0.3) is 0 Å². The van der Waals surface area contributed by atoms with Crippen molar-refractivity contribution in [3.63, 3.8) is 0 Å². The highest BCUT2D eigenvalue weighted by Crippen LogP contribution is 2.14. The molecule has 0 bridgehead atoms. The maximum atomic E-state index is 8.68. The minimum Gasteiger partial charge on any atom is -0.409 e. The Kier molecular flexibility index (Phi) is 4.75. The van der Waals surface area contributed by atoms with Gasteiger partial charge in [-0.3, -0.25) is 0 Å². The summed E-state index contributed by atoms with van der Waals surface area (Å²) < 4.78 is 0. The van der Waals surface area contributed by atoms with Gasteiger partial charge in [-0.2, -0.15) is 0 Å². The molecule has 94 valence electrons. The lowest BCUT2D eigenvalue weighted by Gasteiger charge is -2.19. The van der Waals surface area contributed by atoms with Crippen LogP contribution in [0.2, 0.25) is 0 Å². The summed E-state index contributed by atoms with van der Waals surface area (Å²) in [7, 11) is 1.99. The number of amidine groups is 1. The molecule has 0 aromatic carbocycles. The van der Waals surface area contributed by atoms with E-state index in [0.717, 1.165) is 30.9 Å². The summed E-state index contributed by atoms with van der Waals surface area (Å²) in [6.45, 7) is 4.99. The summed E-state index contributed by atoms with van der Waals surface area (Å²) in [6, 6.07) is 3.63. The summed E-state index contributed by atoms with van der Waals surface area (Å²) in [5.41, 5.74) is 7.13. The van der Waals surface area contributed by atoms with Crippen molar-refractivity contribution < 1.29 is 5.21 Å². The Morgan fingerprint density at radius 2 is 2.24 bits per heavy atom. The number of anilines is 1. The molecule has 0 aliphatic rings. The lowest BCUT2D eigenvalue weighted by atomic mass is 10.2. The van der Waals surface area contributed by atoms with Crippen LogP contribution in [0.4, 0.5) is 5.82 Å². The third kappa shape index (κ3) is 3.62. The second-order valence-electron chi connectivity index (χ2n) is 4.12. The van der Waals surface area contributed by atoms with Gasteiger partial charge in [-0.25, -0.2) is 4.98 Å². The second kappa shape index (κ2) is 6.08. The first-order valence-electron chi connectivity index (χ1n) is 5.76. The van der Waals surface area contributed by atoms with E-state index in [1.165, 1.54) is 0 Å². The van der Waals surface area contributed by atoms with E-state index in [-0.39, 0.29) is 5.84 Å². The Morgan fingerprint density at radius 3 is 2.82 bits per heavy atom. The molecule has 3 N–H and O–H groups in total. The molecule has 0 aliphatic heterocycles. The van der Waals surface area contributed by atoms with E-state index >= 15 is 0 Å². The number of aromatic nitrogens is 1. The van der Waals surface area contributed by atoms with Crippen LogP contribution < -0.4 is 10.6 Å². The van der Waals surface area contributed by atoms with Crippen LogP contribution >= 0.6 is 0 Å². The van der Waals surface area contributed by atoms with E-state index < -0.39 is 0 Å². The van der Waals surface area contributed by atoms with Gasteiger partial charge in [0.05, 0.1) is 0 Å². The molecular weight excluding hydrogens is 216 g/mol. The fourth-order valence-electron chi connectivity index (χ4n) is 1.56. The molecular formula is C12H20N4O. The van der Waals surface area contributed by atoms with Crippen LogP contribution in [-0.4, -0.2) is 29.6 Å². The number of rotatable bonds is 5. The molecule has 0 spiro atoms. The zero-order chi connectivity index (χ0) is 12.8. The topological polar surface area (TPSA) is 74.7 Å². The van der Waals surface area contributed by atoms with Gasteiger partial charge in [-0.05, 0) is 25.5 Å². The second-order valence-corrected chi connectivity index (χ2v) is 4.12. The van der Waals surface area contributed by atoms with Crippen molar-refractivity contribution in [2.75, 3.05) is 18.5 Å². The van der Waals surface area contributed by atoms with Crippen LogP contribution in [0.15, 0.2) is 17.3 Å². The van der Waals surface area contributed by atoms with E-state index in [0.29, 0.717) is 5.56 Å². The molecule has 5 heteroatoms. The third-order valence-corrected chi connectivity index (χ3v) is 2.58. The zero-order valence-electron chi connectivity index (χ0n) is 10.6. The van der Waals surface area contributed by atoms with Crippen LogP contribution in [-0.2, 0) is 0 Å². The SMILES string of the molecule is CCCCN(C)c1cc(/C(N)=N/O)cc(C)n1. The van der Waals surface area contributed by atoms with Gasteiger partial charge in [0.15, 0.2) is 5.84 Å². The maximum Gasteiger partial charge on any atom is 0.170 e. The van der Waals surface area contributed by atoms with E-state index in [4.69, 9.17) is 10.9 Å². The average Bonchev–Trinajstić information content (AvgIpc) is 2.34. The van der Waals surface area contributed by atoms with Crippen LogP contribution in [0, 0.1) is 6.92 Å². The van der Waals surface area contributed by atoms with Crippen molar-refractivity contribution in [2.24, 2.45) is 10.9 Å².